The first-order valence-corrected chi connectivity index (χ1v) is 31.0. The molecule has 1 heterocycles. The average Bonchev–Trinajstić information content (AvgIpc) is 3.24. The molecule has 0 amide bonds. The number of ether oxygens (including phenoxy) is 3. The lowest BCUT2D eigenvalue weighted by atomic mass is 9.44. The van der Waals surface area contributed by atoms with Crippen LogP contribution in [-0.4, -0.2) is 96.7 Å². The molecule has 9 atom stereocenters. The van der Waals surface area contributed by atoms with Crippen molar-refractivity contribution in [3.8, 4) is 0 Å². The number of Topliss-reactive ketones (excluding diaryl/α,β-unsaturated/α-hetero) is 1. The molecule has 1 aliphatic heterocycles. The minimum atomic E-state index is -2.51. The zero-order valence-corrected chi connectivity index (χ0v) is 42.3. The predicted octanol–water partition coefficient (Wildman–Crippen LogP) is 10.6. The van der Waals surface area contributed by atoms with E-state index in [2.05, 4.69) is 69.2 Å². The fraction of sp³-hybridized carbons (Fsp3) is 0.787. The van der Waals surface area contributed by atoms with Gasteiger partial charge < -0.3 is 32.6 Å². The van der Waals surface area contributed by atoms with E-state index in [-0.39, 0.29) is 18.8 Å². The number of esters is 1. The van der Waals surface area contributed by atoms with E-state index >= 15 is 4.79 Å². The third-order valence-electron chi connectivity index (χ3n) is 16.9. The van der Waals surface area contributed by atoms with Gasteiger partial charge in [-0.3, -0.25) is 4.79 Å². The molecule has 5 rings (SSSR count). The summed E-state index contributed by atoms with van der Waals surface area (Å²) in [5.41, 5.74) is -3.06. The lowest BCUT2D eigenvalue weighted by Gasteiger charge is -2.69. The summed E-state index contributed by atoms with van der Waals surface area (Å²) in [5.74, 6) is -1.45. The lowest BCUT2D eigenvalue weighted by Crippen LogP contribution is -2.82. The summed E-state index contributed by atoms with van der Waals surface area (Å²) in [6.07, 6.45) is -3.04. The minimum Gasteiger partial charge on any atom is -0.455 e. The van der Waals surface area contributed by atoms with E-state index < -0.39 is 89.4 Å². The molecular weight excluding hydrogens is 793 g/mol. The van der Waals surface area contributed by atoms with Gasteiger partial charge in [0.1, 0.15) is 23.4 Å². The molecule has 4 aliphatic rings. The molecule has 334 valence electrons. The summed E-state index contributed by atoms with van der Waals surface area (Å²) in [4.78, 5) is 31.5. The maximum atomic E-state index is 16.8. The second-order valence-electron chi connectivity index (χ2n) is 19.0. The Morgan fingerprint density at radius 1 is 0.780 bits per heavy atom. The molecule has 0 spiro atoms. The summed E-state index contributed by atoms with van der Waals surface area (Å²) in [6, 6.07) is 17.0. The topological polar surface area (TPSA) is 110 Å². The summed E-state index contributed by atoms with van der Waals surface area (Å²) in [7, 11) is -7.16. The van der Waals surface area contributed by atoms with Crippen molar-refractivity contribution in [2.24, 2.45) is 16.7 Å². The fourth-order valence-electron chi connectivity index (χ4n) is 11.9. The second-order valence-corrected chi connectivity index (χ2v) is 33.2. The van der Waals surface area contributed by atoms with Crippen LogP contribution < -0.4 is 0 Å². The molecule has 59 heavy (non-hydrogen) atoms. The van der Waals surface area contributed by atoms with Crippen LogP contribution in [0.4, 0.5) is 0 Å². The average molecular weight is 873 g/mol. The number of ketones is 1. The van der Waals surface area contributed by atoms with Gasteiger partial charge in [0.15, 0.2) is 30.7 Å². The molecule has 3 fully saturated rings. The highest BCUT2D eigenvalue weighted by Gasteiger charge is 2.78. The van der Waals surface area contributed by atoms with Crippen LogP contribution >= 0.6 is 0 Å². The number of carbonyl (C=O) groups excluding carboxylic acids is 2. The van der Waals surface area contributed by atoms with E-state index in [0.29, 0.717) is 18.6 Å². The first-order chi connectivity index (χ1) is 27.9. The van der Waals surface area contributed by atoms with Crippen LogP contribution in [-0.2, 0) is 32.3 Å². The molecular formula is C47H80O9Si3. The van der Waals surface area contributed by atoms with E-state index in [1.165, 1.54) is 0 Å². The van der Waals surface area contributed by atoms with Crippen LogP contribution in [0.25, 0.3) is 0 Å². The second kappa shape index (κ2) is 18.3. The molecule has 1 aromatic carbocycles. The Balaban J connectivity index is 1.94. The molecule has 1 N–H and O–H groups in total. The zero-order chi connectivity index (χ0) is 43.8. The summed E-state index contributed by atoms with van der Waals surface area (Å²) in [6.45, 7) is 30.6. The number of hydrogen-bond acceptors (Lipinski definition) is 9. The van der Waals surface area contributed by atoms with Crippen molar-refractivity contribution in [2.75, 3.05) is 13.2 Å². The minimum absolute atomic E-state index is 0.0637. The van der Waals surface area contributed by atoms with Crippen LogP contribution in [0.15, 0.2) is 41.5 Å². The molecule has 0 unspecified atom stereocenters. The van der Waals surface area contributed by atoms with Crippen molar-refractivity contribution in [1.29, 1.82) is 0 Å². The smallest absolute Gasteiger partial charge is 0.338 e. The van der Waals surface area contributed by atoms with Gasteiger partial charge in [-0.15, -0.1) is 0 Å². The molecule has 12 heteroatoms. The first kappa shape index (κ1) is 48.5. The first-order valence-electron chi connectivity index (χ1n) is 23.4. The molecule has 2 bridgehead atoms. The third-order valence-corrected chi connectivity index (χ3v) is 30.8. The Morgan fingerprint density at radius 2 is 1.29 bits per heavy atom. The number of rotatable bonds is 19. The van der Waals surface area contributed by atoms with Crippen molar-refractivity contribution in [3.63, 3.8) is 0 Å². The Labute approximate surface area is 360 Å². The number of hydrogen-bond donors (Lipinski definition) is 1. The van der Waals surface area contributed by atoms with Crippen LogP contribution in [0.3, 0.4) is 0 Å². The van der Waals surface area contributed by atoms with Crippen LogP contribution in [0.2, 0.25) is 54.4 Å². The van der Waals surface area contributed by atoms with Gasteiger partial charge in [0.2, 0.25) is 0 Å². The van der Waals surface area contributed by atoms with Crippen molar-refractivity contribution in [2.45, 2.75) is 206 Å². The van der Waals surface area contributed by atoms with Crippen LogP contribution in [0, 0.1) is 16.7 Å². The number of carbonyl (C=O) groups is 2. The highest BCUT2D eigenvalue weighted by molar-refractivity contribution is 6.74. The molecule has 1 saturated heterocycles. The Bertz CT molecular complexity index is 1630. The number of benzene rings is 1. The van der Waals surface area contributed by atoms with E-state index in [1.807, 2.05) is 45.9 Å². The summed E-state index contributed by atoms with van der Waals surface area (Å²) >= 11 is 0. The maximum Gasteiger partial charge on any atom is 0.338 e. The highest BCUT2D eigenvalue weighted by Crippen LogP contribution is 2.65. The zero-order valence-electron chi connectivity index (χ0n) is 39.3. The summed E-state index contributed by atoms with van der Waals surface area (Å²) < 4.78 is 43.1. The lowest BCUT2D eigenvalue weighted by molar-refractivity contribution is -0.354. The molecule has 2 saturated carbocycles. The van der Waals surface area contributed by atoms with E-state index in [1.54, 1.807) is 12.1 Å². The quantitative estimate of drug-likeness (QED) is 0.0825. The van der Waals surface area contributed by atoms with Gasteiger partial charge in [0.25, 0.3) is 0 Å². The van der Waals surface area contributed by atoms with Gasteiger partial charge in [0.05, 0.1) is 35.9 Å². The van der Waals surface area contributed by atoms with E-state index in [9.17, 15) is 9.90 Å². The fourth-order valence-corrected chi connectivity index (χ4v) is 20.5. The van der Waals surface area contributed by atoms with Gasteiger partial charge in [-0.2, -0.15) is 0 Å². The van der Waals surface area contributed by atoms with E-state index in [4.69, 9.17) is 27.5 Å². The van der Waals surface area contributed by atoms with Crippen LogP contribution in [0.1, 0.15) is 120 Å². The van der Waals surface area contributed by atoms with Gasteiger partial charge in [0, 0.05) is 30.8 Å². The predicted molar refractivity (Wildman–Crippen MR) is 243 cm³/mol. The number of aliphatic hydroxyl groups is 1. The largest absolute Gasteiger partial charge is 0.455 e. The van der Waals surface area contributed by atoms with Crippen molar-refractivity contribution in [3.05, 3.63) is 47.0 Å². The van der Waals surface area contributed by atoms with Gasteiger partial charge in [-0.05, 0) is 98.4 Å². The molecule has 3 aliphatic carbocycles. The Kier molecular flexibility index (Phi) is 15.1. The molecule has 0 aromatic heterocycles. The van der Waals surface area contributed by atoms with Crippen molar-refractivity contribution < 1.29 is 42.2 Å². The maximum absolute atomic E-state index is 16.8. The standard InChI is InChI=1S/C47H80O9Si3/c1-15-52-46-32-51-37(46)30-36(55-58(19-5,20-6)21-7)45(14)40(46)42(53-43(49)34-28-26-25-27-29-34)47(50)31-35(54-57(16-2,17-3)18-4)33(11)38(44(47,12)13)39(41(45)48)56-59(22-8,23-9)24-10/h25-29,35-37,39-40,42,50H,15-24,30-32H2,1-14H3/t35-,36-,37+,39+,40-,42-,45+,46-,47+/m0/s1. The Hall–Kier alpha value is -1.49. The molecule has 1 aromatic rings. The van der Waals surface area contributed by atoms with Gasteiger partial charge in [-0.1, -0.05) is 94.4 Å². The SMILES string of the molecule is CCO[C@@]12CO[C@@H]1C[C@H](O[Si](CC)(CC)CC)[C@@]1(C)C(=O)[C@H](O[Si](CC)(CC)CC)C3=C(C)[C@@H](O[Si](CC)(CC)CC)C[C@@](O)([C@@H](OC(=O)c4ccccc4)[C@H]21)C3(C)C. The van der Waals surface area contributed by atoms with Crippen molar-refractivity contribution in [1.82, 2.24) is 0 Å². The Morgan fingerprint density at radius 3 is 1.76 bits per heavy atom. The monoisotopic (exact) mass is 873 g/mol. The van der Waals surface area contributed by atoms with Crippen molar-refractivity contribution >= 4 is 36.7 Å². The summed E-state index contributed by atoms with van der Waals surface area (Å²) in [5, 5.41) is 14.3. The highest BCUT2D eigenvalue weighted by atomic mass is 28.4. The normalized spacial score (nSPS) is 33.4. The number of fused-ring (bicyclic) bond motifs is 5. The molecule has 0 radical (unpaired) electrons. The van der Waals surface area contributed by atoms with Crippen LogP contribution in [0.5, 0.6) is 0 Å². The van der Waals surface area contributed by atoms with Gasteiger partial charge >= 0.3 is 5.97 Å². The molecule has 9 nitrogen and oxygen atoms in total. The van der Waals surface area contributed by atoms with Gasteiger partial charge in [-0.25, -0.2) is 4.79 Å². The van der Waals surface area contributed by atoms with E-state index in [0.717, 1.165) is 65.5 Å². The third kappa shape index (κ3) is 7.82.